The fourth-order valence-electron chi connectivity index (χ4n) is 2.15. The Morgan fingerprint density at radius 3 is 2.55 bits per heavy atom. The smallest absolute Gasteiger partial charge is 0.255 e. The van der Waals surface area contributed by atoms with Crippen molar-refractivity contribution in [3.63, 3.8) is 0 Å². The zero-order chi connectivity index (χ0) is 15.9. The molecule has 1 amide bonds. The number of nitrogens with one attached hydrogen (secondary N) is 1. The van der Waals surface area contributed by atoms with E-state index >= 15 is 0 Å². The lowest BCUT2D eigenvalue weighted by molar-refractivity contribution is 0.0947. The van der Waals surface area contributed by atoms with Crippen molar-refractivity contribution in [3.8, 4) is 5.75 Å². The second-order valence-electron chi connectivity index (χ2n) is 4.73. The van der Waals surface area contributed by atoms with Crippen LogP contribution in [0.1, 0.15) is 21.5 Å². The van der Waals surface area contributed by atoms with E-state index in [0.717, 1.165) is 11.1 Å². The van der Waals surface area contributed by atoms with Crippen LogP contribution in [-0.4, -0.2) is 20.1 Å². The number of methoxy groups -OCH3 is 2. The number of benzene rings is 2. The molecule has 0 radical (unpaired) electrons. The third-order valence-corrected chi connectivity index (χ3v) is 3.50. The van der Waals surface area contributed by atoms with Gasteiger partial charge in [0.05, 0.1) is 19.3 Å². The van der Waals surface area contributed by atoms with Crippen molar-refractivity contribution >= 4 is 17.5 Å². The average Bonchev–Trinajstić information content (AvgIpc) is 2.54. The molecule has 2 aromatic rings. The molecule has 0 aliphatic heterocycles. The van der Waals surface area contributed by atoms with E-state index in [1.807, 2.05) is 24.3 Å². The minimum Gasteiger partial charge on any atom is -0.496 e. The summed E-state index contributed by atoms with van der Waals surface area (Å²) in [5.41, 5.74) is 2.47. The van der Waals surface area contributed by atoms with Gasteiger partial charge in [0.1, 0.15) is 5.75 Å². The standard InChI is InChI=1S/C17H18ClNO3/c1-21-11-13-6-4-3-5-12(13)10-19-17(20)15-9-14(18)7-8-16(15)22-2/h3-9H,10-11H2,1-2H3,(H,19,20). The summed E-state index contributed by atoms with van der Waals surface area (Å²) >= 11 is 5.95. The van der Waals surface area contributed by atoms with Gasteiger partial charge in [-0.25, -0.2) is 0 Å². The lowest BCUT2D eigenvalue weighted by Crippen LogP contribution is -2.24. The monoisotopic (exact) mass is 319 g/mol. The molecule has 0 saturated heterocycles. The van der Waals surface area contributed by atoms with Crippen molar-refractivity contribution in [3.05, 3.63) is 64.2 Å². The fraction of sp³-hybridized carbons (Fsp3) is 0.235. The van der Waals surface area contributed by atoms with Crippen molar-refractivity contribution in [1.29, 1.82) is 0 Å². The third kappa shape index (κ3) is 4.00. The Morgan fingerprint density at radius 2 is 1.86 bits per heavy atom. The van der Waals surface area contributed by atoms with Gasteiger partial charge in [0, 0.05) is 18.7 Å². The molecule has 0 spiro atoms. The Kier molecular flexibility index (Phi) is 5.81. The quantitative estimate of drug-likeness (QED) is 0.887. The van der Waals surface area contributed by atoms with Crippen LogP contribution in [0.15, 0.2) is 42.5 Å². The number of halogens is 1. The van der Waals surface area contributed by atoms with Crippen LogP contribution in [0.25, 0.3) is 0 Å². The van der Waals surface area contributed by atoms with Gasteiger partial charge in [0.15, 0.2) is 0 Å². The molecule has 22 heavy (non-hydrogen) atoms. The second kappa shape index (κ2) is 7.82. The van der Waals surface area contributed by atoms with E-state index in [1.165, 1.54) is 7.11 Å². The summed E-state index contributed by atoms with van der Waals surface area (Å²) in [6.45, 7) is 0.917. The van der Waals surface area contributed by atoms with Crippen LogP contribution in [0.3, 0.4) is 0 Å². The molecule has 0 fully saturated rings. The summed E-state index contributed by atoms with van der Waals surface area (Å²) in [6, 6.07) is 12.8. The van der Waals surface area contributed by atoms with E-state index in [2.05, 4.69) is 5.32 Å². The van der Waals surface area contributed by atoms with Crippen LogP contribution in [0.4, 0.5) is 0 Å². The van der Waals surface area contributed by atoms with Crippen molar-refractivity contribution < 1.29 is 14.3 Å². The molecule has 0 aliphatic carbocycles. The number of carbonyl (C=O) groups excluding carboxylic acids is 1. The molecule has 116 valence electrons. The Hall–Kier alpha value is -2.04. The van der Waals surface area contributed by atoms with Gasteiger partial charge in [-0.1, -0.05) is 35.9 Å². The van der Waals surface area contributed by atoms with E-state index in [1.54, 1.807) is 25.3 Å². The Morgan fingerprint density at radius 1 is 1.14 bits per heavy atom. The molecule has 1 N–H and O–H groups in total. The number of amides is 1. The van der Waals surface area contributed by atoms with Crippen LogP contribution in [-0.2, 0) is 17.9 Å². The van der Waals surface area contributed by atoms with Crippen molar-refractivity contribution in [2.45, 2.75) is 13.2 Å². The van der Waals surface area contributed by atoms with Gasteiger partial charge in [-0.2, -0.15) is 0 Å². The lowest BCUT2D eigenvalue weighted by Gasteiger charge is -2.12. The predicted molar refractivity (Wildman–Crippen MR) is 86.3 cm³/mol. The molecule has 5 heteroatoms. The first-order valence-corrected chi connectivity index (χ1v) is 7.21. The maximum atomic E-state index is 12.3. The van der Waals surface area contributed by atoms with Gasteiger partial charge < -0.3 is 14.8 Å². The summed E-state index contributed by atoms with van der Waals surface area (Å²) in [6.07, 6.45) is 0. The second-order valence-corrected chi connectivity index (χ2v) is 5.17. The lowest BCUT2D eigenvalue weighted by atomic mass is 10.1. The van der Waals surface area contributed by atoms with E-state index in [9.17, 15) is 4.79 Å². The molecule has 4 nitrogen and oxygen atoms in total. The molecule has 0 saturated carbocycles. The highest BCUT2D eigenvalue weighted by Crippen LogP contribution is 2.22. The van der Waals surface area contributed by atoms with E-state index in [-0.39, 0.29) is 5.91 Å². The van der Waals surface area contributed by atoms with E-state index in [4.69, 9.17) is 21.1 Å². The van der Waals surface area contributed by atoms with Crippen LogP contribution >= 0.6 is 11.6 Å². The first-order chi connectivity index (χ1) is 10.7. The van der Waals surface area contributed by atoms with Crippen molar-refractivity contribution in [2.75, 3.05) is 14.2 Å². The zero-order valence-corrected chi connectivity index (χ0v) is 13.3. The van der Waals surface area contributed by atoms with Gasteiger partial charge >= 0.3 is 0 Å². The summed E-state index contributed by atoms with van der Waals surface area (Å²) in [7, 11) is 3.17. The van der Waals surface area contributed by atoms with E-state index in [0.29, 0.717) is 29.5 Å². The van der Waals surface area contributed by atoms with Gasteiger partial charge in [0.2, 0.25) is 0 Å². The first kappa shape index (κ1) is 16.3. The van der Waals surface area contributed by atoms with Gasteiger partial charge in [-0.3, -0.25) is 4.79 Å². The molecule has 0 atom stereocenters. The fourth-order valence-corrected chi connectivity index (χ4v) is 2.33. The van der Waals surface area contributed by atoms with Crippen LogP contribution < -0.4 is 10.1 Å². The molecule has 0 unspecified atom stereocenters. The summed E-state index contributed by atoms with van der Waals surface area (Å²) < 4.78 is 10.4. The molecular formula is C17H18ClNO3. The van der Waals surface area contributed by atoms with Gasteiger partial charge in [-0.05, 0) is 29.3 Å². The zero-order valence-electron chi connectivity index (χ0n) is 12.6. The minimum absolute atomic E-state index is 0.230. The number of ether oxygens (including phenoxy) is 2. The number of carbonyl (C=O) groups is 1. The normalized spacial score (nSPS) is 10.3. The van der Waals surface area contributed by atoms with E-state index < -0.39 is 0 Å². The Bertz CT molecular complexity index is 658. The maximum Gasteiger partial charge on any atom is 0.255 e. The third-order valence-electron chi connectivity index (χ3n) is 3.26. The maximum absolute atomic E-state index is 12.3. The largest absolute Gasteiger partial charge is 0.496 e. The minimum atomic E-state index is -0.230. The van der Waals surface area contributed by atoms with Crippen LogP contribution in [0.5, 0.6) is 5.75 Å². The average molecular weight is 320 g/mol. The van der Waals surface area contributed by atoms with Crippen molar-refractivity contribution in [1.82, 2.24) is 5.32 Å². The molecule has 0 aromatic heterocycles. The first-order valence-electron chi connectivity index (χ1n) is 6.83. The molecule has 0 bridgehead atoms. The van der Waals surface area contributed by atoms with Gasteiger partial charge in [0.25, 0.3) is 5.91 Å². The van der Waals surface area contributed by atoms with Crippen LogP contribution in [0, 0.1) is 0 Å². The summed E-state index contributed by atoms with van der Waals surface area (Å²) in [5.74, 6) is 0.263. The molecular weight excluding hydrogens is 302 g/mol. The Labute approximate surface area is 135 Å². The SMILES string of the molecule is COCc1ccccc1CNC(=O)c1cc(Cl)ccc1OC. The highest BCUT2D eigenvalue weighted by molar-refractivity contribution is 6.31. The highest BCUT2D eigenvalue weighted by Gasteiger charge is 2.13. The summed E-state index contributed by atoms with van der Waals surface area (Å²) in [4.78, 5) is 12.3. The number of rotatable bonds is 6. The summed E-state index contributed by atoms with van der Waals surface area (Å²) in [5, 5.41) is 3.37. The molecule has 0 aliphatic rings. The highest BCUT2D eigenvalue weighted by atomic mass is 35.5. The van der Waals surface area contributed by atoms with Crippen LogP contribution in [0.2, 0.25) is 5.02 Å². The van der Waals surface area contributed by atoms with Gasteiger partial charge in [-0.15, -0.1) is 0 Å². The topological polar surface area (TPSA) is 47.6 Å². The number of hydrogen-bond acceptors (Lipinski definition) is 3. The molecule has 0 heterocycles. The molecule has 2 rings (SSSR count). The Balaban J connectivity index is 2.12. The number of hydrogen-bond donors (Lipinski definition) is 1. The molecule has 2 aromatic carbocycles. The predicted octanol–water partition coefficient (Wildman–Crippen LogP) is 3.43. The van der Waals surface area contributed by atoms with Crippen molar-refractivity contribution in [2.24, 2.45) is 0 Å².